The highest BCUT2D eigenvalue weighted by Gasteiger charge is 2.13. The molecule has 1 aliphatic rings. The Morgan fingerprint density at radius 2 is 2.00 bits per heavy atom. The summed E-state index contributed by atoms with van der Waals surface area (Å²) in [4.78, 5) is 0. The Hall–Kier alpha value is -1.31. The zero-order valence-corrected chi connectivity index (χ0v) is 8.07. The number of hydrazone groups is 1. The van der Waals surface area contributed by atoms with E-state index in [0.717, 1.165) is 6.54 Å². The maximum Gasteiger partial charge on any atom is 0.0594 e. The van der Waals surface area contributed by atoms with E-state index in [1.165, 1.54) is 11.3 Å². The lowest BCUT2D eigenvalue weighted by Gasteiger charge is -2.14. The first-order valence-corrected chi connectivity index (χ1v) is 4.64. The summed E-state index contributed by atoms with van der Waals surface area (Å²) in [6, 6.07) is 8.47. The largest absolute Gasteiger partial charge is 0.265 e. The monoisotopic (exact) mass is 174 g/mol. The Kier molecular flexibility index (Phi) is 2.05. The molecule has 0 radical (unpaired) electrons. The summed E-state index contributed by atoms with van der Waals surface area (Å²) in [5.74, 6) is 0.571. The van der Waals surface area contributed by atoms with E-state index in [9.17, 15) is 0 Å². The van der Waals surface area contributed by atoms with Gasteiger partial charge in [0.25, 0.3) is 0 Å². The van der Waals surface area contributed by atoms with Gasteiger partial charge in [0.15, 0.2) is 0 Å². The number of aryl methyl sites for hydroxylation is 1. The highest BCUT2D eigenvalue weighted by Crippen LogP contribution is 2.19. The van der Waals surface area contributed by atoms with Crippen molar-refractivity contribution in [3.05, 3.63) is 29.8 Å². The summed E-state index contributed by atoms with van der Waals surface area (Å²) in [5, 5.41) is 6.37. The summed E-state index contributed by atoms with van der Waals surface area (Å²) in [6.45, 7) is 5.28. The van der Waals surface area contributed by atoms with Gasteiger partial charge in [-0.3, -0.25) is 5.01 Å². The molecule has 2 rings (SSSR count). The molecule has 0 saturated heterocycles. The average molecular weight is 174 g/mol. The molecule has 1 aromatic rings. The lowest BCUT2D eigenvalue weighted by Crippen LogP contribution is -2.15. The fourth-order valence-electron chi connectivity index (χ4n) is 1.45. The minimum absolute atomic E-state index is 0.571. The number of rotatable bonds is 1. The van der Waals surface area contributed by atoms with Crippen LogP contribution in [-0.2, 0) is 0 Å². The van der Waals surface area contributed by atoms with E-state index in [1.807, 2.05) is 11.2 Å². The third-order valence-electron chi connectivity index (χ3n) is 2.25. The first-order valence-electron chi connectivity index (χ1n) is 4.64. The van der Waals surface area contributed by atoms with Gasteiger partial charge in [-0.25, -0.2) is 0 Å². The Morgan fingerprint density at radius 3 is 2.54 bits per heavy atom. The van der Waals surface area contributed by atoms with Crippen LogP contribution >= 0.6 is 0 Å². The van der Waals surface area contributed by atoms with Gasteiger partial charge >= 0.3 is 0 Å². The Labute approximate surface area is 78.9 Å². The van der Waals surface area contributed by atoms with Crippen LogP contribution in [0.3, 0.4) is 0 Å². The molecule has 13 heavy (non-hydrogen) atoms. The minimum Gasteiger partial charge on any atom is -0.265 e. The first-order chi connectivity index (χ1) is 6.25. The molecule has 0 spiro atoms. The predicted molar refractivity (Wildman–Crippen MR) is 56.2 cm³/mol. The van der Waals surface area contributed by atoms with Crippen molar-refractivity contribution in [2.75, 3.05) is 11.6 Å². The van der Waals surface area contributed by atoms with Crippen LogP contribution < -0.4 is 5.01 Å². The maximum atomic E-state index is 4.32. The van der Waals surface area contributed by atoms with E-state index in [-0.39, 0.29) is 0 Å². The number of hydrogen-bond donors (Lipinski definition) is 0. The minimum atomic E-state index is 0.571. The SMILES string of the molecule is Cc1ccc(N2CC(C)C=N2)cc1. The summed E-state index contributed by atoms with van der Waals surface area (Å²) < 4.78 is 0. The maximum absolute atomic E-state index is 4.32. The molecule has 0 aliphatic carbocycles. The van der Waals surface area contributed by atoms with E-state index in [1.54, 1.807) is 0 Å². The third-order valence-corrected chi connectivity index (χ3v) is 2.25. The van der Waals surface area contributed by atoms with Crippen molar-refractivity contribution in [3.63, 3.8) is 0 Å². The molecule has 0 bridgehead atoms. The van der Waals surface area contributed by atoms with Crippen LogP contribution in [0.15, 0.2) is 29.4 Å². The number of anilines is 1. The smallest absolute Gasteiger partial charge is 0.0594 e. The van der Waals surface area contributed by atoms with Crippen LogP contribution in [0.4, 0.5) is 5.69 Å². The van der Waals surface area contributed by atoms with Crippen LogP contribution in [0, 0.1) is 12.8 Å². The third kappa shape index (κ3) is 1.72. The van der Waals surface area contributed by atoms with E-state index < -0.39 is 0 Å². The van der Waals surface area contributed by atoms with E-state index in [0.29, 0.717) is 5.92 Å². The Balaban J connectivity index is 2.18. The molecule has 0 saturated carbocycles. The summed E-state index contributed by atoms with van der Waals surface area (Å²) >= 11 is 0. The van der Waals surface area contributed by atoms with Crippen molar-refractivity contribution in [2.45, 2.75) is 13.8 Å². The fraction of sp³-hybridized carbons (Fsp3) is 0.364. The standard InChI is InChI=1S/C11H14N2/c1-9-3-5-11(6-4-9)13-8-10(2)7-12-13/h3-7,10H,8H2,1-2H3. The molecule has 68 valence electrons. The zero-order valence-electron chi connectivity index (χ0n) is 8.07. The van der Waals surface area contributed by atoms with Gasteiger partial charge in [-0.05, 0) is 19.1 Å². The quantitative estimate of drug-likeness (QED) is 0.638. The van der Waals surface area contributed by atoms with Crippen molar-refractivity contribution in [1.82, 2.24) is 0 Å². The summed E-state index contributed by atoms with van der Waals surface area (Å²) in [5.41, 5.74) is 2.48. The van der Waals surface area contributed by atoms with Gasteiger partial charge in [0.2, 0.25) is 0 Å². The molecular formula is C11H14N2. The van der Waals surface area contributed by atoms with Gasteiger partial charge in [0, 0.05) is 18.7 Å². The van der Waals surface area contributed by atoms with Crippen molar-refractivity contribution in [3.8, 4) is 0 Å². The zero-order chi connectivity index (χ0) is 9.26. The molecule has 1 aliphatic heterocycles. The summed E-state index contributed by atoms with van der Waals surface area (Å²) in [6.07, 6.45) is 2.00. The molecule has 1 aromatic carbocycles. The highest BCUT2D eigenvalue weighted by atomic mass is 15.5. The van der Waals surface area contributed by atoms with Gasteiger partial charge in [-0.1, -0.05) is 24.6 Å². The van der Waals surface area contributed by atoms with Gasteiger partial charge in [-0.15, -0.1) is 0 Å². The second-order valence-electron chi connectivity index (χ2n) is 3.66. The van der Waals surface area contributed by atoms with Crippen LogP contribution in [-0.4, -0.2) is 12.8 Å². The Bertz CT molecular complexity index is 313. The van der Waals surface area contributed by atoms with E-state index in [4.69, 9.17) is 0 Å². The van der Waals surface area contributed by atoms with Crippen LogP contribution in [0.5, 0.6) is 0 Å². The first kappa shape index (κ1) is 8.30. The molecule has 0 aromatic heterocycles. The normalized spacial score (nSPS) is 21.1. The molecule has 0 amide bonds. The molecular weight excluding hydrogens is 160 g/mol. The van der Waals surface area contributed by atoms with E-state index >= 15 is 0 Å². The fourth-order valence-corrected chi connectivity index (χ4v) is 1.45. The lowest BCUT2D eigenvalue weighted by atomic mass is 10.2. The van der Waals surface area contributed by atoms with E-state index in [2.05, 4.69) is 43.2 Å². The number of nitrogens with zero attached hydrogens (tertiary/aromatic N) is 2. The molecule has 2 heteroatoms. The van der Waals surface area contributed by atoms with Gasteiger partial charge in [0.1, 0.15) is 0 Å². The van der Waals surface area contributed by atoms with Gasteiger partial charge in [0.05, 0.1) is 5.69 Å². The van der Waals surface area contributed by atoms with Crippen LogP contribution in [0.2, 0.25) is 0 Å². The van der Waals surface area contributed by atoms with Crippen molar-refractivity contribution in [1.29, 1.82) is 0 Å². The predicted octanol–water partition coefficient (Wildman–Crippen LogP) is 2.44. The second-order valence-corrected chi connectivity index (χ2v) is 3.66. The molecule has 0 fully saturated rings. The van der Waals surface area contributed by atoms with Gasteiger partial charge in [-0.2, -0.15) is 5.10 Å². The number of benzene rings is 1. The molecule has 1 unspecified atom stereocenters. The number of hydrogen-bond acceptors (Lipinski definition) is 2. The lowest BCUT2D eigenvalue weighted by molar-refractivity contribution is 0.781. The van der Waals surface area contributed by atoms with Crippen LogP contribution in [0.25, 0.3) is 0 Å². The van der Waals surface area contributed by atoms with Crippen molar-refractivity contribution in [2.24, 2.45) is 11.0 Å². The topological polar surface area (TPSA) is 15.6 Å². The summed E-state index contributed by atoms with van der Waals surface area (Å²) in [7, 11) is 0. The highest BCUT2D eigenvalue weighted by molar-refractivity contribution is 5.67. The van der Waals surface area contributed by atoms with Gasteiger partial charge < -0.3 is 0 Å². The Morgan fingerprint density at radius 1 is 1.31 bits per heavy atom. The second kappa shape index (κ2) is 3.21. The van der Waals surface area contributed by atoms with Crippen LogP contribution in [0.1, 0.15) is 12.5 Å². The van der Waals surface area contributed by atoms with Crippen molar-refractivity contribution >= 4 is 11.9 Å². The van der Waals surface area contributed by atoms with Crippen molar-refractivity contribution < 1.29 is 0 Å². The molecule has 1 atom stereocenters. The molecule has 2 nitrogen and oxygen atoms in total. The molecule has 0 N–H and O–H groups in total. The molecule has 1 heterocycles. The average Bonchev–Trinajstić information content (AvgIpc) is 2.53.